The van der Waals surface area contributed by atoms with E-state index in [1.165, 1.54) is 0 Å². The molecule has 2 amide bonds. The van der Waals surface area contributed by atoms with Crippen molar-refractivity contribution < 1.29 is 9.59 Å². The maximum Gasteiger partial charge on any atom is 0.255 e. The first-order valence-electron chi connectivity index (χ1n) is 6.96. The molecular formula is C17H18N2O2. The molecule has 0 unspecified atom stereocenters. The minimum Gasteiger partial charge on any atom is -0.352 e. The van der Waals surface area contributed by atoms with Crippen molar-refractivity contribution in [1.29, 1.82) is 0 Å². The Morgan fingerprint density at radius 3 is 2.29 bits per heavy atom. The van der Waals surface area contributed by atoms with Gasteiger partial charge in [-0.25, -0.2) is 0 Å². The van der Waals surface area contributed by atoms with Gasteiger partial charge in [0.15, 0.2) is 0 Å². The third kappa shape index (κ3) is 3.92. The van der Waals surface area contributed by atoms with Crippen LogP contribution in [0.3, 0.4) is 0 Å². The second-order valence-corrected chi connectivity index (χ2v) is 4.62. The number of rotatable bonds is 5. The molecule has 21 heavy (non-hydrogen) atoms. The van der Waals surface area contributed by atoms with Crippen molar-refractivity contribution in [3.8, 4) is 0 Å². The van der Waals surface area contributed by atoms with Crippen molar-refractivity contribution in [1.82, 2.24) is 5.32 Å². The largest absolute Gasteiger partial charge is 0.352 e. The summed E-state index contributed by atoms with van der Waals surface area (Å²) in [6, 6.07) is 15.9. The van der Waals surface area contributed by atoms with Gasteiger partial charge in [0.05, 0.1) is 11.3 Å². The molecule has 0 aromatic heterocycles. The predicted octanol–water partition coefficient (Wildman–Crippen LogP) is 3.08. The summed E-state index contributed by atoms with van der Waals surface area (Å²) in [5.74, 6) is -0.410. The van der Waals surface area contributed by atoms with Crippen molar-refractivity contribution in [2.24, 2.45) is 0 Å². The molecule has 4 heteroatoms. The average Bonchev–Trinajstić information content (AvgIpc) is 2.54. The van der Waals surface area contributed by atoms with E-state index in [-0.39, 0.29) is 11.8 Å². The molecule has 0 spiro atoms. The Morgan fingerprint density at radius 1 is 0.905 bits per heavy atom. The second kappa shape index (κ2) is 7.24. The summed E-state index contributed by atoms with van der Waals surface area (Å²) in [6.45, 7) is 2.60. The van der Waals surface area contributed by atoms with Gasteiger partial charge in [-0.1, -0.05) is 37.3 Å². The molecule has 0 aliphatic rings. The molecule has 0 aliphatic heterocycles. The van der Waals surface area contributed by atoms with Gasteiger partial charge in [-0.15, -0.1) is 0 Å². The molecule has 4 nitrogen and oxygen atoms in total. The molecule has 2 aromatic carbocycles. The summed E-state index contributed by atoms with van der Waals surface area (Å²) in [6.07, 6.45) is 0.865. The van der Waals surface area contributed by atoms with Crippen LogP contribution in [0.15, 0.2) is 54.6 Å². The number of hydrogen-bond acceptors (Lipinski definition) is 2. The van der Waals surface area contributed by atoms with E-state index in [2.05, 4.69) is 10.6 Å². The summed E-state index contributed by atoms with van der Waals surface area (Å²) in [7, 11) is 0. The highest BCUT2D eigenvalue weighted by atomic mass is 16.2. The van der Waals surface area contributed by atoms with Crippen LogP contribution in [-0.2, 0) is 0 Å². The van der Waals surface area contributed by atoms with E-state index in [1.54, 1.807) is 48.5 Å². The minimum atomic E-state index is -0.230. The van der Waals surface area contributed by atoms with E-state index in [9.17, 15) is 9.59 Å². The number of benzene rings is 2. The summed E-state index contributed by atoms with van der Waals surface area (Å²) < 4.78 is 0. The lowest BCUT2D eigenvalue weighted by molar-refractivity contribution is 0.0954. The van der Waals surface area contributed by atoms with Crippen LogP contribution < -0.4 is 10.6 Å². The van der Waals surface area contributed by atoms with Crippen LogP contribution >= 0.6 is 0 Å². The van der Waals surface area contributed by atoms with Crippen LogP contribution in [0.4, 0.5) is 5.69 Å². The number of hydrogen-bond donors (Lipinski definition) is 2. The quantitative estimate of drug-likeness (QED) is 0.885. The van der Waals surface area contributed by atoms with Gasteiger partial charge in [0.1, 0.15) is 0 Å². The van der Waals surface area contributed by atoms with Crippen LogP contribution in [0.1, 0.15) is 34.1 Å². The Balaban J connectivity index is 2.17. The summed E-state index contributed by atoms with van der Waals surface area (Å²) >= 11 is 0. The number of anilines is 1. The van der Waals surface area contributed by atoms with Gasteiger partial charge in [0.2, 0.25) is 0 Å². The van der Waals surface area contributed by atoms with Crippen LogP contribution in [0.5, 0.6) is 0 Å². The SMILES string of the molecule is CCCNC(=O)c1ccccc1NC(=O)c1ccccc1. The molecule has 0 aliphatic carbocycles. The van der Waals surface area contributed by atoms with Crippen LogP contribution in [0.25, 0.3) is 0 Å². The van der Waals surface area contributed by atoms with Gasteiger partial charge in [-0.3, -0.25) is 9.59 Å². The van der Waals surface area contributed by atoms with E-state index in [4.69, 9.17) is 0 Å². The fraction of sp³-hybridized carbons (Fsp3) is 0.176. The fourth-order valence-corrected chi connectivity index (χ4v) is 1.91. The fourth-order valence-electron chi connectivity index (χ4n) is 1.91. The molecular weight excluding hydrogens is 264 g/mol. The lowest BCUT2D eigenvalue weighted by Gasteiger charge is -2.11. The minimum absolute atomic E-state index is 0.180. The first kappa shape index (κ1) is 14.8. The standard InChI is InChI=1S/C17H18N2O2/c1-2-12-18-17(21)14-10-6-7-11-15(14)19-16(20)13-8-4-3-5-9-13/h3-11H,2,12H2,1H3,(H,18,21)(H,19,20). The van der Waals surface area contributed by atoms with Crippen molar-refractivity contribution in [2.75, 3.05) is 11.9 Å². The van der Waals surface area contributed by atoms with Gasteiger partial charge in [0.25, 0.3) is 11.8 Å². The lowest BCUT2D eigenvalue weighted by atomic mass is 10.1. The Hall–Kier alpha value is -2.62. The monoisotopic (exact) mass is 282 g/mol. The Kier molecular flexibility index (Phi) is 5.10. The summed E-state index contributed by atoms with van der Waals surface area (Å²) in [5, 5.41) is 5.60. The molecule has 2 N–H and O–H groups in total. The summed E-state index contributed by atoms with van der Waals surface area (Å²) in [5.41, 5.74) is 1.54. The van der Waals surface area contributed by atoms with Gasteiger partial charge < -0.3 is 10.6 Å². The van der Waals surface area contributed by atoms with E-state index in [0.29, 0.717) is 23.4 Å². The molecule has 0 heterocycles. The van der Waals surface area contributed by atoms with Gasteiger partial charge in [0, 0.05) is 12.1 Å². The topological polar surface area (TPSA) is 58.2 Å². The smallest absolute Gasteiger partial charge is 0.255 e. The first-order chi connectivity index (χ1) is 10.2. The predicted molar refractivity (Wildman–Crippen MR) is 83.5 cm³/mol. The molecule has 0 atom stereocenters. The van der Waals surface area contributed by atoms with Crippen molar-refractivity contribution in [2.45, 2.75) is 13.3 Å². The second-order valence-electron chi connectivity index (χ2n) is 4.62. The third-order valence-electron chi connectivity index (χ3n) is 2.99. The number of amides is 2. The molecule has 0 saturated heterocycles. The van der Waals surface area contributed by atoms with E-state index in [0.717, 1.165) is 6.42 Å². The number of carbonyl (C=O) groups is 2. The average molecular weight is 282 g/mol. The van der Waals surface area contributed by atoms with Crippen LogP contribution in [-0.4, -0.2) is 18.4 Å². The van der Waals surface area contributed by atoms with Crippen molar-refractivity contribution in [3.63, 3.8) is 0 Å². The van der Waals surface area contributed by atoms with Gasteiger partial charge in [-0.05, 0) is 30.7 Å². The normalized spacial score (nSPS) is 9.95. The zero-order valence-electron chi connectivity index (χ0n) is 11.9. The summed E-state index contributed by atoms with van der Waals surface area (Å²) in [4.78, 5) is 24.2. The zero-order chi connectivity index (χ0) is 15.1. The molecule has 2 rings (SSSR count). The molecule has 0 fully saturated rings. The maximum absolute atomic E-state index is 12.2. The Labute approximate surface area is 124 Å². The van der Waals surface area contributed by atoms with E-state index < -0.39 is 0 Å². The highest BCUT2D eigenvalue weighted by Crippen LogP contribution is 2.16. The molecule has 2 aromatic rings. The highest BCUT2D eigenvalue weighted by Gasteiger charge is 2.13. The maximum atomic E-state index is 12.2. The molecule has 0 saturated carbocycles. The molecule has 0 bridgehead atoms. The number of para-hydroxylation sites is 1. The van der Waals surface area contributed by atoms with Gasteiger partial charge in [-0.2, -0.15) is 0 Å². The lowest BCUT2D eigenvalue weighted by Crippen LogP contribution is -2.25. The number of carbonyl (C=O) groups excluding carboxylic acids is 2. The van der Waals surface area contributed by atoms with Crippen LogP contribution in [0, 0.1) is 0 Å². The Bertz CT molecular complexity index is 624. The van der Waals surface area contributed by atoms with E-state index in [1.807, 2.05) is 13.0 Å². The van der Waals surface area contributed by atoms with Crippen molar-refractivity contribution >= 4 is 17.5 Å². The molecule has 0 radical (unpaired) electrons. The Morgan fingerprint density at radius 2 is 1.57 bits per heavy atom. The van der Waals surface area contributed by atoms with Crippen LogP contribution in [0.2, 0.25) is 0 Å². The highest BCUT2D eigenvalue weighted by molar-refractivity contribution is 6.08. The van der Waals surface area contributed by atoms with Gasteiger partial charge >= 0.3 is 0 Å². The third-order valence-corrected chi connectivity index (χ3v) is 2.99. The molecule has 108 valence electrons. The van der Waals surface area contributed by atoms with E-state index >= 15 is 0 Å². The van der Waals surface area contributed by atoms with Crippen molar-refractivity contribution in [3.05, 3.63) is 65.7 Å². The zero-order valence-corrected chi connectivity index (χ0v) is 11.9. The number of nitrogens with one attached hydrogen (secondary N) is 2. The first-order valence-corrected chi connectivity index (χ1v) is 6.96.